The van der Waals surface area contributed by atoms with Gasteiger partial charge < -0.3 is 13.3 Å². The molecule has 12 heteroatoms. The molecule has 0 spiro atoms. The third kappa shape index (κ3) is 10.4. The maximum Gasteiger partial charge on any atom is 0.235 e. The molecule has 9 heterocycles. The van der Waals surface area contributed by atoms with Crippen LogP contribution in [0, 0.1) is 0 Å². The van der Waals surface area contributed by atoms with E-state index in [1.807, 2.05) is 97.1 Å². The van der Waals surface area contributed by atoms with Gasteiger partial charge in [-0.15, -0.1) is 0 Å². The fraction of sp³-hybridized carbons (Fsp3) is 0. The van der Waals surface area contributed by atoms with E-state index in [0.717, 1.165) is 166 Å². The Morgan fingerprint density at radius 2 is 0.483 bits per heavy atom. The Balaban J connectivity index is 0.0000000997. The Labute approximate surface area is 685 Å². The molecule has 27 rings (SSSR count). The van der Waals surface area contributed by atoms with Crippen molar-refractivity contribution in [2.75, 3.05) is 14.7 Å². The highest BCUT2D eigenvalue weighted by atomic mass is 16.3. The van der Waals surface area contributed by atoms with Crippen LogP contribution in [0.4, 0.5) is 52.0 Å². The number of para-hydroxylation sites is 9. The van der Waals surface area contributed by atoms with Gasteiger partial charge in [0, 0.05) is 98.0 Å². The minimum atomic E-state index is 0.646. The molecule has 558 valence electrons. The number of rotatable bonds is 6. The first kappa shape index (κ1) is 66.9. The molecule has 0 aliphatic carbocycles. The second kappa shape index (κ2) is 26.6. The molecule has 0 fully saturated rings. The van der Waals surface area contributed by atoms with E-state index in [2.05, 4.69) is 300 Å². The maximum absolute atomic E-state index is 6.24. The van der Waals surface area contributed by atoms with Crippen molar-refractivity contribution in [2.24, 2.45) is 0 Å². The van der Waals surface area contributed by atoms with Crippen molar-refractivity contribution < 1.29 is 13.3 Å². The average molecular weight is 1530 g/mol. The number of hydrogen-bond donors (Lipinski definition) is 0. The van der Waals surface area contributed by atoms with E-state index in [0.29, 0.717) is 17.8 Å². The maximum atomic E-state index is 6.24. The number of aromatic nitrogens is 6. The summed E-state index contributed by atoms with van der Waals surface area (Å²) in [4.78, 5) is 38.0. The lowest BCUT2D eigenvalue weighted by Crippen LogP contribution is -2.18. The molecule has 3 aliphatic heterocycles. The van der Waals surface area contributed by atoms with Gasteiger partial charge in [-0.1, -0.05) is 273 Å². The van der Waals surface area contributed by atoms with Gasteiger partial charge in [-0.2, -0.15) is 0 Å². The van der Waals surface area contributed by atoms with E-state index in [9.17, 15) is 0 Å². The minimum absolute atomic E-state index is 0.646. The molecule has 0 bridgehead atoms. The fourth-order valence-corrected chi connectivity index (χ4v) is 18.8. The summed E-state index contributed by atoms with van der Waals surface area (Å²) >= 11 is 0. The summed E-state index contributed by atoms with van der Waals surface area (Å²) in [6, 6.07) is 133. The highest BCUT2D eigenvalue weighted by Crippen LogP contribution is 2.55. The number of anilines is 9. The van der Waals surface area contributed by atoms with Crippen LogP contribution in [0.1, 0.15) is 0 Å². The summed E-state index contributed by atoms with van der Waals surface area (Å²) in [7, 11) is 0. The Hall–Kier alpha value is -16.4. The van der Waals surface area contributed by atoms with Crippen molar-refractivity contribution in [3.8, 4) is 67.2 Å². The van der Waals surface area contributed by atoms with Gasteiger partial charge in [-0.3, -0.25) is 14.7 Å². The second-order valence-corrected chi connectivity index (χ2v) is 30.7. The number of benzene rings is 18. The normalized spacial score (nSPS) is 12.4. The van der Waals surface area contributed by atoms with Gasteiger partial charge in [-0.05, 0) is 142 Å². The second-order valence-electron chi connectivity index (χ2n) is 30.7. The van der Waals surface area contributed by atoms with Crippen LogP contribution in [0.5, 0.6) is 0 Å². The van der Waals surface area contributed by atoms with Gasteiger partial charge in [0.05, 0.1) is 67.8 Å². The first-order valence-corrected chi connectivity index (χ1v) is 40.3. The lowest BCUT2D eigenvalue weighted by Gasteiger charge is -2.32. The van der Waals surface area contributed by atoms with Crippen LogP contribution in [0.25, 0.3) is 198 Å². The first-order chi connectivity index (χ1) is 59.5. The Kier molecular flexibility index (Phi) is 14.8. The SMILES string of the molecule is c1ccc2c(c1)-c1cccc3cccc(c13)N2c1nc(-c2ccc3c(c2)oc2ccccc23)c2ccccc2n1.c1ccc2c(c1)-c1cccc3cccc(c13)N2c1nc(-c2ccc3oc4ccccc4c3c2)c2ccccc2n1.c1ccc2c(c1)-c1cccc3cccc(c13)N2c1nc(-c2cccc3oc4ccccc4c23)c2ccccc2n1. The zero-order chi connectivity index (χ0) is 78.6. The standard InChI is InChI=1S/3C36H21N3O/c1-4-17-28-25(13-1)35(27-16-9-21-32-34(27)26-14-3-6-20-31(26)40-32)38-36(37-28)39-29-18-5-2-12-23(29)24-15-7-10-22-11-8-19-30(39)33(22)24;1-4-15-29-28(13-1)35(23-19-20-26-25-12-3-6-18-32(25)40-33(26)21-23)38-36(37-29)39-30-16-5-2-11-24(30)27-14-7-9-22-10-8-17-31(39)34(22)27;1-4-15-29-27(13-1)35(23-19-20-33-28(21-23)25-12-3-6-18-32(25)40-33)38-36(37-29)39-30-16-5-2-11-24(30)26-14-7-9-22-10-8-17-31(39)34(22)26/h3*1-21H. The highest BCUT2D eigenvalue weighted by Gasteiger charge is 2.33. The summed E-state index contributed by atoms with van der Waals surface area (Å²) < 4.78 is 18.6. The first-order valence-electron chi connectivity index (χ1n) is 40.3. The number of furan rings is 3. The van der Waals surface area contributed by atoms with Crippen LogP contribution in [0.3, 0.4) is 0 Å². The van der Waals surface area contributed by atoms with Crippen molar-refractivity contribution in [2.45, 2.75) is 0 Å². The van der Waals surface area contributed by atoms with E-state index < -0.39 is 0 Å². The molecular weight excluding hydrogens is 1470 g/mol. The van der Waals surface area contributed by atoms with Crippen molar-refractivity contribution in [3.05, 3.63) is 382 Å². The lowest BCUT2D eigenvalue weighted by molar-refractivity contribution is 0.668. The molecule has 0 N–H and O–H groups in total. The average Bonchev–Trinajstić information content (AvgIpc) is 1.08. The summed E-state index contributed by atoms with van der Waals surface area (Å²) in [5.74, 6) is 1.95. The van der Waals surface area contributed by atoms with E-state index in [1.54, 1.807) is 0 Å². The number of nitrogens with zero attached hydrogens (tertiary/aromatic N) is 9. The Bertz CT molecular complexity index is 8430. The Morgan fingerprint density at radius 3 is 0.975 bits per heavy atom. The van der Waals surface area contributed by atoms with Crippen molar-refractivity contribution in [1.29, 1.82) is 0 Å². The number of hydrogen-bond acceptors (Lipinski definition) is 12. The van der Waals surface area contributed by atoms with Crippen LogP contribution < -0.4 is 14.7 Å². The van der Waals surface area contributed by atoms with E-state index in [-0.39, 0.29) is 0 Å². The fourth-order valence-electron chi connectivity index (χ4n) is 18.8. The third-order valence-corrected chi connectivity index (χ3v) is 24.0. The quantitative estimate of drug-likeness (QED) is 0.157. The van der Waals surface area contributed by atoms with Crippen LogP contribution >= 0.6 is 0 Å². The van der Waals surface area contributed by atoms with Gasteiger partial charge in [0.1, 0.15) is 33.5 Å². The number of fused-ring (bicyclic) bond motifs is 18. The largest absolute Gasteiger partial charge is 0.456 e. The molecule has 0 radical (unpaired) electrons. The molecular formula is C108H63N9O3. The monoisotopic (exact) mass is 1530 g/mol. The Morgan fingerprint density at radius 1 is 0.175 bits per heavy atom. The molecule has 3 aliphatic rings. The molecule has 0 amide bonds. The molecule has 6 aromatic heterocycles. The zero-order valence-electron chi connectivity index (χ0n) is 64.1. The molecule has 0 saturated carbocycles. The van der Waals surface area contributed by atoms with Crippen LogP contribution in [0.15, 0.2) is 395 Å². The summed E-state index contributed by atoms with van der Waals surface area (Å²) in [6.07, 6.45) is 0. The van der Waals surface area contributed by atoms with E-state index in [1.165, 1.54) is 65.7 Å². The molecule has 24 aromatic rings. The predicted molar refractivity (Wildman–Crippen MR) is 490 cm³/mol. The highest BCUT2D eigenvalue weighted by molar-refractivity contribution is 6.19. The summed E-state index contributed by atoms with van der Waals surface area (Å²) in [5.41, 5.74) is 27.4. The van der Waals surface area contributed by atoms with Gasteiger partial charge in [0.2, 0.25) is 17.8 Å². The summed E-state index contributed by atoms with van der Waals surface area (Å²) in [6.45, 7) is 0. The molecule has 0 saturated heterocycles. The third-order valence-electron chi connectivity index (χ3n) is 24.0. The van der Waals surface area contributed by atoms with Gasteiger partial charge in [0.15, 0.2) is 0 Å². The van der Waals surface area contributed by atoms with Gasteiger partial charge >= 0.3 is 0 Å². The molecule has 12 nitrogen and oxygen atoms in total. The van der Waals surface area contributed by atoms with Crippen LogP contribution in [-0.4, -0.2) is 29.9 Å². The minimum Gasteiger partial charge on any atom is -0.456 e. The van der Waals surface area contributed by atoms with Crippen LogP contribution in [0.2, 0.25) is 0 Å². The van der Waals surface area contributed by atoms with Gasteiger partial charge in [-0.25, -0.2) is 29.9 Å². The van der Waals surface area contributed by atoms with Crippen molar-refractivity contribution >= 4 is 183 Å². The zero-order valence-corrected chi connectivity index (χ0v) is 64.1. The molecule has 18 aromatic carbocycles. The molecule has 120 heavy (non-hydrogen) atoms. The van der Waals surface area contributed by atoms with Gasteiger partial charge in [0.25, 0.3) is 0 Å². The topological polar surface area (TPSA) is 126 Å². The molecule has 0 atom stereocenters. The lowest BCUT2D eigenvalue weighted by atomic mass is 9.91. The predicted octanol–water partition coefficient (Wildman–Crippen LogP) is 29.4. The smallest absolute Gasteiger partial charge is 0.235 e. The van der Waals surface area contributed by atoms with Crippen molar-refractivity contribution in [1.82, 2.24) is 29.9 Å². The van der Waals surface area contributed by atoms with E-state index in [4.69, 9.17) is 43.2 Å². The molecule has 0 unspecified atom stereocenters. The van der Waals surface area contributed by atoms with E-state index >= 15 is 0 Å². The summed E-state index contributed by atoms with van der Waals surface area (Å²) in [5, 5.41) is 16.8. The van der Waals surface area contributed by atoms with Crippen LogP contribution in [-0.2, 0) is 0 Å². The van der Waals surface area contributed by atoms with Crippen molar-refractivity contribution in [3.63, 3.8) is 0 Å².